The average Bonchev–Trinajstić information content (AvgIpc) is 2.25. The first-order valence-electron chi connectivity index (χ1n) is 6.23. The second kappa shape index (κ2) is 8.30. The maximum absolute atomic E-state index is 10.8. The molecule has 1 N–H and O–H groups in total. The molecule has 1 aromatic carbocycles. The standard InChI is InChI=1S/C12H18O3S.C2H6O/c1-9-7-11(3)12(8-10(9)2)5-6-15-16(4,13)14;1-2-3/h7-8H,5-6H2,1-4H3;3H,2H2,1H3. The number of aliphatic hydroxyl groups excluding tert-OH is 1. The van der Waals surface area contributed by atoms with Crippen LogP contribution in [0.1, 0.15) is 29.2 Å². The van der Waals surface area contributed by atoms with Crippen molar-refractivity contribution in [3.05, 3.63) is 34.4 Å². The number of benzene rings is 1. The lowest BCUT2D eigenvalue weighted by Crippen LogP contribution is -2.07. The van der Waals surface area contributed by atoms with Crippen LogP contribution in [0.3, 0.4) is 0 Å². The second-order valence-corrected chi connectivity index (χ2v) is 6.10. The van der Waals surface area contributed by atoms with E-state index in [0.29, 0.717) is 6.42 Å². The van der Waals surface area contributed by atoms with Crippen LogP contribution < -0.4 is 0 Å². The van der Waals surface area contributed by atoms with Gasteiger partial charge in [-0.25, -0.2) is 0 Å². The molecule has 0 aliphatic heterocycles. The second-order valence-electron chi connectivity index (χ2n) is 4.46. The van der Waals surface area contributed by atoms with Crippen LogP contribution >= 0.6 is 0 Å². The lowest BCUT2D eigenvalue weighted by atomic mass is 9.99. The fourth-order valence-electron chi connectivity index (χ4n) is 1.59. The Morgan fingerprint density at radius 1 is 1.11 bits per heavy atom. The van der Waals surface area contributed by atoms with E-state index in [4.69, 9.17) is 9.29 Å². The summed E-state index contributed by atoms with van der Waals surface area (Å²) >= 11 is 0. The Morgan fingerprint density at radius 2 is 1.58 bits per heavy atom. The van der Waals surface area contributed by atoms with Crippen molar-refractivity contribution in [2.24, 2.45) is 0 Å². The molecule has 0 saturated carbocycles. The van der Waals surface area contributed by atoms with Crippen molar-refractivity contribution in [2.75, 3.05) is 19.5 Å². The zero-order chi connectivity index (χ0) is 15.1. The van der Waals surface area contributed by atoms with E-state index in [-0.39, 0.29) is 13.2 Å². The first-order valence-corrected chi connectivity index (χ1v) is 8.05. The predicted molar refractivity (Wildman–Crippen MR) is 77.9 cm³/mol. The van der Waals surface area contributed by atoms with Crippen LogP contribution in [0, 0.1) is 20.8 Å². The van der Waals surface area contributed by atoms with Crippen LogP contribution in [0.15, 0.2) is 12.1 Å². The smallest absolute Gasteiger partial charge is 0.264 e. The molecule has 0 aliphatic rings. The molecule has 0 aromatic heterocycles. The number of hydrogen-bond donors (Lipinski definition) is 1. The molecule has 0 unspecified atom stereocenters. The van der Waals surface area contributed by atoms with Crippen molar-refractivity contribution in [1.29, 1.82) is 0 Å². The Bertz CT molecular complexity index is 492. The van der Waals surface area contributed by atoms with Gasteiger partial charge in [0, 0.05) is 6.61 Å². The largest absolute Gasteiger partial charge is 0.397 e. The van der Waals surface area contributed by atoms with Crippen LogP contribution in [-0.2, 0) is 20.7 Å². The van der Waals surface area contributed by atoms with E-state index < -0.39 is 10.1 Å². The summed E-state index contributed by atoms with van der Waals surface area (Å²) in [6.07, 6.45) is 1.69. The van der Waals surface area contributed by atoms with Crippen molar-refractivity contribution in [1.82, 2.24) is 0 Å². The van der Waals surface area contributed by atoms with Crippen LogP contribution in [0.2, 0.25) is 0 Å². The van der Waals surface area contributed by atoms with Crippen molar-refractivity contribution in [3.63, 3.8) is 0 Å². The minimum atomic E-state index is -3.33. The highest BCUT2D eigenvalue weighted by Gasteiger charge is 2.05. The summed E-state index contributed by atoms with van der Waals surface area (Å²) in [6.45, 7) is 8.29. The van der Waals surface area contributed by atoms with Crippen molar-refractivity contribution in [3.8, 4) is 0 Å². The number of rotatable bonds is 4. The highest BCUT2D eigenvalue weighted by atomic mass is 32.2. The monoisotopic (exact) mass is 288 g/mol. The van der Waals surface area contributed by atoms with E-state index >= 15 is 0 Å². The maximum Gasteiger partial charge on any atom is 0.264 e. The van der Waals surface area contributed by atoms with Gasteiger partial charge in [-0.15, -0.1) is 0 Å². The van der Waals surface area contributed by atoms with E-state index in [1.54, 1.807) is 6.92 Å². The fraction of sp³-hybridized carbons (Fsp3) is 0.571. The highest BCUT2D eigenvalue weighted by Crippen LogP contribution is 2.15. The molecular weight excluding hydrogens is 264 g/mol. The Labute approximate surface area is 116 Å². The predicted octanol–water partition coefficient (Wildman–Crippen LogP) is 2.13. The van der Waals surface area contributed by atoms with Gasteiger partial charge in [-0.1, -0.05) is 12.1 Å². The number of aliphatic hydroxyl groups is 1. The summed E-state index contributed by atoms with van der Waals surface area (Å²) in [5, 5.41) is 7.57. The van der Waals surface area contributed by atoms with E-state index in [1.807, 2.05) is 6.92 Å². The summed E-state index contributed by atoms with van der Waals surface area (Å²) in [5.41, 5.74) is 4.80. The molecule has 1 rings (SSSR count). The molecule has 0 heterocycles. The lowest BCUT2D eigenvalue weighted by Gasteiger charge is -2.09. The molecule has 19 heavy (non-hydrogen) atoms. The van der Waals surface area contributed by atoms with Crippen molar-refractivity contribution >= 4 is 10.1 Å². The first kappa shape index (κ1) is 18.1. The summed E-state index contributed by atoms with van der Waals surface area (Å²) in [4.78, 5) is 0. The summed E-state index contributed by atoms with van der Waals surface area (Å²) in [6, 6.07) is 4.21. The molecular formula is C14H24O4S. The molecule has 1 aromatic rings. The minimum absolute atomic E-state index is 0.210. The van der Waals surface area contributed by atoms with Crippen LogP contribution in [0.4, 0.5) is 0 Å². The Morgan fingerprint density at radius 3 is 2.05 bits per heavy atom. The normalized spacial score (nSPS) is 10.8. The molecule has 0 radical (unpaired) electrons. The van der Waals surface area contributed by atoms with Crippen LogP contribution in [-0.4, -0.2) is 33.0 Å². The summed E-state index contributed by atoms with van der Waals surface area (Å²) < 4.78 is 26.3. The van der Waals surface area contributed by atoms with Gasteiger partial charge < -0.3 is 5.11 Å². The van der Waals surface area contributed by atoms with Gasteiger partial charge in [0.05, 0.1) is 12.9 Å². The third-order valence-electron chi connectivity index (χ3n) is 2.62. The van der Waals surface area contributed by atoms with Gasteiger partial charge in [0.1, 0.15) is 0 Å². The van der Waals surface area contributed by atoms with E-state index in [2.05, 4.69) is 26.0 Å². The topological polar surface area (TPSA) is 63.6 Å². The zero-order valence-electron chi connectivity index (χ0n) is 12.4. The van der Waals surface area contributed by atoms with Crippen LogP contribution in [0.5, 0.6) is 0 Å². The maximum atomic E-state index is 10.8. The Kier molecular flexibility index (Phi) is 7.90. The fourth-order valence-corrected chi connectivity index (χ4v) is 1.98. The molecule has 0 amide bonds. The number of hydrogen-bond acceptors (Lipinski definition) is 4. The third-order valence-corrected chi connectivity index (χ3v) is 3.22. The third kappa shape index (κ3) is 7.97. The quantitative estimate of drug-likeness (QED) is 0.862. The average molecular weight is 288 g/mol. The van der Waals surface area contributed by atoms with Gasteiger partial charge in [-0.05, 0) is 56.4 Å². The van der Waals surface area contributed by atoms with E-state index in [1.165, 1.54) is 16.7 Å². The first-order chi connectivity index (χ1) is 8.71. The molecule has 0 saturated heterocycles. The van der Waals surface area contributed by atoms with E-state index in [9.17, 15) is 8.42 Å². The van der Waals surface area contributed by atoms with Gasteiger partial charge in [0.2, 0.25) is 0 Å². The Hall–Kier alpha value is -0.910. The van der Waals surface area contributed by atoms with Crippen LogP contribution in [0.25, 0.3) is 0 Å². The minimum Gasteiger partial charge on any atom is -0.397 e. The van der Waals surface area contributed by atoms with Gasteiger partial charge in [0.25, 0.3) is 10.1 Å². The summed E-state index contributed by atoms with van der Waals surface area (Å²) in [5.74, 6) is 0. The van der Waals surface area contributed by atoms with Gasteiger partial charge in [-0.2, -0.15) is 8.42 Å². The molecule has 0 aliphatic carbocycles. The molecule has 4 nitrogen and oxygen atoms in total. The SMILES string of the molecule is CCO.Cc1cc(C)c(CCOS(C)(=O)=O)cc1C. The molecule has 5 heteroatoms. The Balaban J connectivity index is 0.000000982. The highest BCUT2D eigenvalue weighted by molar-refractivity contribution is 7.85. The van der Waals surface area contributed by atoms with Gasteiger partial charge >= 0.3 is 0 Å². The molecule has 110 valence electrons. The molecule has 0 bridgehead atoms. The summed E-state index contributed by atoms with van der Waals surface area (Å²) in [7, 11) is -3.33. The zero-order valence-corrected chi connectivity index (χ0v) is 13.2. The molecule has 0 atom stereocenters. The van der Waals surface area contributed by atoms with Crippen molar-refractivity contribution in [2.45, 2.75) is 34.1 Å². The molecule has 0 spiro atoms. The van der Waals surface area contributed by atoms with E-state index in [0.717, 1.165) is 11.8 Å². The van der Waals surface area contributed by atoms with Gasteiger partial charge in [0.15, 0.2) is 0 Å². The van der Waals surface area contributed by atoms with Crippen molar-refractivity contribution < 1.29 is 17.7 Å². The number of aryl methyl sites for hydroxylation is 3. The van der Waals surface area contributed by atoms with Gasteiger partial charge in [-0.3, -0.25) is 4.18 Å². The molecule has 0 fully saturated rings. The lowest BCUT2D eigenvalue weighted by molar-refractivity contribution is 0.318.